The maximum Gasteiger partial charge on any atom is 0.345 e. The summed E-state index contributed by atoms with van der Waals surface area (Å²) in [5.41, 5.74) is 9.30. The maximum atomic E-state index is 13.4. The quantitative estimate of drug-likeness (QED) is 0.299. The molecule has 4 rings (SSSR count). The van der Waals surface area contributed by atoms with Gasteiger partial charge in [-0.3, -0.25) is 10.3 Å². The Morgan fingerprint density at radius 2 is 1.47 bits per heavy atom. The topological polar surface area (TPSA) is 95.0 Å². The number of nitrogens with one attached hydrogen (secondary N) is 1. The third-order valence-electron chi connectivity index (χ3n) is 6.60. The number of urea groups is 1. The molecule has 1 heterocycles. The maximum absolute atomic E-state index is 13.4. The summed E-state index contributed by atoms with van der Waals surface area (Å²) in [6, 6.07) is 29.7. The lowest BCUT2D eigenvalue weighted by Gasteiger charge is -2.30. The zero-order valence-electron chi connectivity index (χ0n) is 21.5. The first-order valence-corrected chi connectivity index (χ1v) is 13.8. The lowest BCUT2D eigenvalue weighted by Crippen LogP contribution is -2.43. The number of rotatable bonds is 9. The van der Waals surface area contributed by atoms with Crippen molar-refractivity contribution in [1.82, 2.24) is 9.80 Å². The molecule has 3 N–H and O–H groups in total. The molecule has 1 fully saturated rings. The summed E-state index contributed by atoms with van der Waals surface area (Å²) in [5, 5.41) is 8.64. The van der Waals surface area contributed by atoms with Crippen LogP contribution in [0.4, 0.5) is 4.79 Å². The van der Waals surface area contributed by atoms with E-state index in [2.05, 4.69) is 58.4 Å². The fourth-order valence-corrected chi connectivity index (χ4v) is 5.10. The van der Waals surface area contributed by atoms with Crippen molar-refractivity contribution >= 4 is 28.0 Å². The van der Waals surface area contributed by atoms with Gasteiger partial charge >= 0.3 is 6.03 Å². The van der Waals surface area contributed by atoms with Gasteiger partial charge in [0, 0.05) is 44.2 Å². The Bertz CT molecular complexity index is 1150. The van der Waals surface area contributed by atoms with E-state index in [4.69, 9.17) is 15.9 Å². The largest absolute Gasteiger partial charge is 0.379 e. The number of morpholine rings is 1. The van der Waals surface area contributed by atoms with Crippen molar-refractivity contribution in [3.8, 4) is 0 Å². The number of thioether (sulfide) groups is 1. The van der Waals surface area contributed by atoms with Crippen LogP contribution in [0.25, 0.3) is 0 Å². The van der Waals surface area contributed by atoms with Gasteiger partial charge in [0.15, 0.2) is 5.17 Å². The van der Waals surface area contributed by atoms with Gasteiger partial charge in [-0.05, 0) is 29.3 Å². The van der Waals surface area contributed by atoms with E-state index in [0.29, 0.717) is 26.3 Å². The van der Waals surface area contributed by atoms with Gasteiger partial charge in [-0.2, -0.15) is 4.99 Å². The van der Waals surface area contributed by atoms with E-state index in [1.807, 2.05) is 42.5 Å². The Morgan fingerprint density at radius 1 is 0.921 bits per heavy atom. The van der Waals surface area contributed by atoms with Crippen LogP contribution in [0.1, 0.15) is 29.0 Å². The fraction of sp³-hybridized carbons (Fsp3) is 0.300. The van der Waals surface area contributed by atoms with Gasteiger partial charge < -0.3 is 15.4 Å². The van der Waals surface area contributed by atoms with Gasteiger partial charge in [0.05, 0.1) is 13.2 Å². The summed E-state index contributed by atoms with van der Waals surface area (Å²) in [7, 11) is 0. The van der Waals surface area contributed by atoms with E-state index in [-0.39, 0.29) is 22.2 Å². The molecule has 0 atom stereocenters. The third kappa shape index (κ3) is 8.28. The molecule has 2 amide bonds. The molecule has 7 nitrogen and oxygen atoms in total. The zero-order valence-corrected chi connectivity index (χ0v) is 22.4. The van der Waals surface area contributed by atoms with E-state index >= 15 is 0 Å². The molecule has 0 radical (unpaired) electrons. The second kappa shape index (κ2) is 14.5. The molecule has 1 saturated heterocycles. The SMILES string of the molecule is N=C(S/C(N)=N\C(=O)N(CCC(c1ccccc1)c1ccccc1)CCN1CCOCC1)c1ccccc1. The van der Waals surface area contributed by atoms with E-state index in [1.54, 1.807) is 4.90 Å². The number of nitrogens with zero attached hydrogens (tertiary/aromatic N) is 3. The number of carbonyl (C=O) groups excluding carboxylic acids is 1. The van der Waals surface area contributed by atoms with Crippen molar-refractivity contribution in [3.63, 3.8) is 0 Å². The van der Waals surface area contributed by atoms with Crippen LogP contribution in [-0.4, -0.2) is 72.0 Å². The standard InChI is InChI=1S/C30H35N5O2S/c31-28(26-14-8-3-9-15-26)38-29(32)33-30(36)35(19-18-34-20-22-37-23-21-34)17-16-27(24-10-4-1-5-11-24)25-12-6-2-7-13-25/h1-15,27,31H,16-23H2,(H2,32,33,36). The molecular formula is C30H35N5O2S. The highest BCUT2D eigenvalue weighted by molar-refractivity contribution is 8.26. The fourth-order valence-electron chi connectivity index (χ4n) is 4.51. The summed E-state index contributed by atoms with van der Waals surface area (Å²) >= 11 is 0.999. The van der Waals surface area contributed by atoms with Crippen molar-refractivity contribution < 1.29 is 9.53 Å². The van der Waals surface area contributed by atoms with E-state index in [1.165, 1.54) is 11.1 Å². The van der Waals surface area contributed by atoms with Crippen LogP contribution in [0.3, 0.4) is 0 Å². The molecule has 0 saturated carbocycles. The minimum absolute atomic E-state index is 0.0721. The van der Waals surface area contributed by atoms with Crippen molar-refractivity contribution in [1.29, 1.82) is 5.41 Å². The van der Waals surface area contributed by atoms with Gasteiger partial charge in [-0.15, -0.1) is 0 Å². The smallest absolute Gasteiger partial charge is 0.345 e. The second-order valence-corrected chi connectivity index (χ2v) is 10.2. The zero-order chi connectivity index (χ0) is 26.6. The highest BCUT2D eigenvalue weighted by atomic mass is 32.2. The third-order valence-corrected chi connectivity index (χ3v) is 7.34. The van der Waals surface area contributed by atoms with Crippen molar-refractivity contribution in [2.24, 2.45) is 10.7 Å². The molecule has 3 aromatic carbocycles. The normalized spacial score (nSPS) is 14.4. The molecule has 1 aliphatic rings. The van der Waals surface area contributed by atoms with Crippen LogP contribution >= 0.6 is 11.8 Å². The molecule has 0 unspecified atom stereocenters. The number of amides is 2. The highest BCUT2D eigenvalue weighted by Gasteiger charge is 2.21. The molecular weight excluding hydrogens is 494 g/mol. The molecule has 8 heteroatoms. The molecule has 0 bridgehead atoms. The van der Waals surface area contributed by atoms with Gasteiger partial charge in [0.2, 0.25) is 0 Å². The minimum Gasteiger partial charge on any atom is -0.379 e. The molecule has 1 aliphatic heterocycles. The lowest BCUT2D eigenvalue weighted by atomic mass is 9.88. The number of ether oxygens (including phenoxy) is 1. The second-order valence-electron chi connectivity index (χ2n) is 9.13. The minimum atomic E-state index is -0.371. The van der Waals surface area contributed by atoms with Crippen LogP contribution in [0.5, 0.6) is 0 Å². The van der Waals surface area contributed by atoms with Gasteiger partial charge in [0.25, 0.3) is 0 Å². The average Bonchev–Trinajstić information content (AvgIpc) is 2.96. The van der Waals surface area contributed by atoms with E-state index < -0.39 is 0 Å². The Hall–Kier alpha value is -3.46. The van der Waals surface area contributed by atoms with Crippen molar-refractivity contribution in [2.45, 2.75) is 12.3 Å². The van der Waals surface area contributed by atoms with Gasteiger partial charge in [0.1, 0.15) is 5.04 Å². The first-order chi connectivity index (χ1) is 18.6. The van der Waals surface area contributed by atoms with Crippen LogP contribution in [0.2, 0.25) is 0 Å². The Labute approximate surface area is 229 Å². The molecule has 38 heavy (non-hydrogen) atoms. The molecule has 3 aromatic rings. The predicted octanol–water partition coefficient (Wildman–Crippen LogP) is 5.04. The molecule has 0 spiro atoms. The van der Waals surface area contributed by atoms with Gasteiger partial charge in [-0.25, -0.2) is 4.79 Å². The van der Waals surface area contributed by atoms with E-state index in [9.17, 15) is 4.79 Å². The number of hydrogen-bond acceptors (Lipinski definition) is 5. The number of hydrogen-bond donors (Lipinski definition) is 2. The highest BCUT2D eigenvalue weighted by Crippen LogP contribution is 2.28. The number of nitrogens with two attached hydrogens (primary N) is 1. The van der Waals surface area contributed by atoms with Crippen LogP contribution < -0.4 is 5.73 Å². The first-order valence-electron chi connectivity index (χ1n) is 12.9. The Morgan fingerprint density at radius 3 is 2.05 bits per heavy atom. The predicted molar refractivity (Wildman–Crippen MR) is 156 cm³/mol. The van der Waals surface area contributed by atoms with Crippen molar-refractivity contribution in [2.75, 3.05) is 45.9 Å². The molecule has 0 aromatic heterocycles. The van der Waals surface area contributed by atoms with Crippen LogP contribution in [-0.2, 0) is 4.74 Å². The number of carbonyl (C=O) groups is 1. The average molecular weight is 530 g/mol. The summed E-state index contributed by atoms with van der Waals surface area (Å²) in [6.45, 7) is 4.96. The summed E-state index contributed by atoms with van der Waals surface area (Å²) in [6.07, 6.45) is 0.755. The first kappa shape index (κ1) is 27.6. The number of aliphatic imine (C=N–C) groups is 1. The lowest BCUT2D eigenvalue weighted by molar-refractivity contribution is 0.0350. The Balaban J connectivity index is 1.48. The molecule has 0 aliphatic carbocycles. The summed E-state index contributed by atoms with van der Waals surface area (Å²) in [4.78, 5) is 21.6. The molecule has 198 valence electrons. The van der Waals surface area contributed by atoms with Crippen molar-refractivity contribution in [3.05, 3.63) is 108 Å². The summed E-state index contributed by atoms with van der Waals surface area (Å²) in [5.74, 6) is 0.151. The number of benzene rings is 3. The Kier molecular flexibility index (Phi) is 10.5. The monoisotopic (exact) mass is 529 g/mol. The number of amidine groups is 1. The van der Waals surface area contributed by atoms with Crippen LogP contribution in [0, 0.1) is 5.41 Å². The van der Waals surface area contributed by atoms with Gasteiger partial charge in [-0.1, -0.05) is 91.0 Å². The van der Waals surface area contributed by atoms with E-state index in [0.717, 1.165) is 43.4 Å². The van der Waals surface area contributed by atoms with Crippen LogP contribution in [0.15, 0.2) is 96.0 Å². The summed E-state index contributed by atoms with van der Waals surface area (Å²) < 4.78 is 5.47.